The van der Waals surface area contributed by atoms with Gasteiger partial charge >= 0.3 is 12.1 Å². The zero-order valence-corrected chi connectivity index (χ0v) is 18.1. The van der Waals surface area contributed by atoms with Gasteiger partial charge in [-0.15, -0.1) is 11.3 Å². The molecule has 2 saturated heterocycles. The second-order valence-electron chi connectivity index (χ2n) is 8.00. The Morgan fingerprint density at radius 2 is 2.00 bits per heavy atom. The molecule has 2 aliphatic heterocycles. The fraction of sp³-hybridized carbons (Fsp3) is 0.550. The quantitative estimate of drug-likeness (QED) is 0.738. The molecule has 4 heterocycles. The summed E-state index contributed by atoms with van der Waals surface area (Å²) in [5.41, 5.74) is 1.11. The number of aryl methyl sites for hydroxylation is 2. The average molecular weight is 459 g/mol. The number of hydrogen-bond acceptors (Lipinski definition) is 5. The summed E-state index contributed by atoms with van der Waals surface area (Å²) in [5.74, 6) is -2.32. The Morgan fingerprint density at radius 3 is 2.48 bits per heavy atom. The van der Waals surface area contributed by atoms with Gasteiger partial charge in [0.2, 0.25) is 5.91 Å². The normalized spacial score (nSPS) is 20.9. The summed E-state index contributed by atoms with van der Waals surface area (Å²) in [7, 11) is 1.94. The largest absolute Gasteiger partial charge is 0.490 e. The summed E-state index contributed by atoms with van der Waals surface area (Å²) in [5, 5.41) is 14.7. The third-order valence-corrected chi connectivity index (χ3v) is 6.72. The molecule has 1 spiro atoms. The smallest absolute Gasteiger partial charge is 0.475 e. The van der Waals surface area contributed by atoms with Crippen molar-refractivity contribution in [2.45, 2.75) is 50.4 Å². The fourth-order valence-corrected chi connectivity index (χ4v) is 5.16. The standard InChI is InChI=1S/C18H24N4OS.C2HF3O2/c1-13-3-4-15(24-13)12-22-7-5-18(6-8-22)16(9-17(23)20-18)14-10-19-21(2)11-14;3-2(4,5)1(6)7/h3-4,10-11,16H,5-9,12H2,1-2H3,(H,20,23);(H,6,7). The molecule has 4 rings (SSSR count). The van der Waals surface area contributed by atoms with Crippen LogP contribution >= 0.6 is 11.3 Å². The zero-order chi connectivity index (χ0) is 22.8. The third-order valence-electron chi connectivity index (χ3n) is 5.74. The number of nitrogens with zero attached hydrogens (tertiary/aromatic N) is 3. The minimum absolute atomic E-state index is 0.0814. The number of rotatable bonds is 3. The minimum atomic E-state index is -5.08. The van der Waals surface area contributed by atoms with Crippen LogP contribution in [0.15, 0.2) is 24.5 Å². The highest BCUT2D eigenvalue weighted by Gasteiger charge is 2.49. The molecular formula is C20H25F3N4O3S. The molecule has 170 valence electrons. The Morgan fingerprint density at radius 1 is 1.35 bits per heavy atom. The molecule has 1 amide bonds. The topological polar surface area (TPSA) is 87.5 Å². The van der Waals surface area contributed by atoms with Crippen molar-refractivity contribution in [2.24, 2.45) is 7.05 Å². The van der Waals surface area contributed by atoms with E-state index in [0.29, 0.717) is 6.42 Å². The Labute approximate surface area is 181 Å². The molecule has 2 aromatic rings. The molecule has 2 N–H and O–H groups in total. The van der Waals surface area contributed by atoms with E-state index in [-0.39, 0.29) is 17.4 Å². The van der Waals surface area contributed by atoms with Crippen molar-refractivity contribution in [2.75, 3.05) is 13.1 Å². The number of aliphatic carboxylic acids is 1. The highest BCUT2D eigenvalue weighted by atomic mass is 32.1. The van der Waals surface area contributed by atoms with Gasteiger partial charge in [-0.05, 0) is 37.5 Å². The van der Waals surface area contributed by atoms with Crippen molar-refractivity contribution in [1.82, 2.24) is 20.0 Å². The van der Waals surface area contributed by atoms with Gasteiger partial charge in [-0.1, -0.05) is 0 Å². The van der Waals surface area contributed by atoms with Gasteiger partial charge in [0.25, 0.3) is 0 Å². The van der Waals surface area contributed by atoms with Gasteiger partial charge in [0.05, 0.1) is 6.20 Å². The Kier molecular flexibility index (Phi) is 6.75. The number of piperidine rings is 1. The van der Waals surface area contributed by atoms with Crippen LogP contribution in [0.1, 0.15) is 40.5 Å². The van der Waals surface area contributed by atoms with E-state index >= 15 is 0 Å². The van der Waals surface area contributed by atoms with Crippen LogP contribution in [0.25, 0.3) is 0 Å². The number of thiophene rings is 1. The lowest BCUT2D eigenvalue weighted by Gasteiger charge is -2.42. The number of carbonyl (C=O) groups is 2. The summed E-state index contributed by atoms with van der Waals surface area (Å²) in [6.45, 7) is 5.26. The van der Waals surface area contributed by atoms with Gasteiger partial charge in [0, 0.05) is 60.5 Å². The van der Waals surface area contributed by atoms with E-state index in [0.717, 1.165) is 32.5 Å². The summed E-state index contributed by atoms with van der Waals surface area (Å²) in [6, 6.07) is 4.43. The van der Waals surface area contributed by atoms with Crippen LogP contribution in [-0.2, 0) is 23.2 Å². The molecule has 0 saturated carbocycles. The summed E-state index contributed by atoms with van der Waals surface area (Å²) in [6.07, 6.45) is 1.53. The summed E-state index contributed by atoms with van der Waals surface area (Å²) < 4.78 is 33.6. The number of carboxylic acid groups (broad SMARTS) is 1. The number of hydrogen-bond donors (Lipinski definition) is 2. The first-order valence-corrected chi connectivity index (χ1v) is 10.7. The number of likely N-dealkylation sites (tertiary alicyclic amines) is 1. The molecule has 0 aliphatic carbocycles. The zero-order valence-electron chi connectivity index (χ0n) is 17.3. The maximum Gasteiger partial charge on any atom is 0.490 e. The molecule has 0 radical (unpaired) electrons. The van der Waals surface area contributed by atoms with Crippen LogP contribution in [0.3, 0.4) is 0 Å². The summed E-state index contributed by atoms with van der Waals surface area (Å²) >= 11 is 1.88. The van der Waals surface area contributed by atoms with Crippen LogP contribution < -0.4 is 5.32 Å². The lowest BCUT2D eigenvalue weighted by molar-refractivity contribution is -0.192. The second kappa shape index (κ2) is 8.99. The van der Waals surface area contributed by atoms with Crippen molar-refractivity contribution in [3.8, 4) is 0 Å². The number of alkyl halides is 3. The average Bonchev–Trinajstić information content (AvgIpc) is 3.36. The van der Waals surface area contributed by atoms with E-state index in [1.54, 1.807) is 0 Å². The molecule has 2 aromatic heterocycles. The molecule has 31 heavy (non-hydrogen) atoms. The molecule has 1 atom stereocenters. The maximum atomic E-state index is 12.1. The van der Waals surface area contributed by atoms with E-state index in [9.17, 15) is 18.0 Å². The SMILES string of the molecule is Cc1ccc(CN2CCC3(CC2)NC(=O)CC3c2cnn(C)c2)s1.O=C(O)C(F)(F)F. The van der Waals surface area contributed by atoms with Crippen molar-refractivity contribution in [1.29, 1.82) is 0 Å². The number of amides is 1. The number of carboxylic acids is 1. The Hall–Kier alpha value is -2.40. The monoisotopic (exact) mass is 458 g/mol. The molecule has 11 heteroatoms. The van der Waals surface area contributed by atoms with Crippen molar-refractivity contribution < 1.29 is 27.9 Å². The van der Waals surface area contributed by atoms with Gasteiger partial charge in [0.1, 0.15) is 0 Å². The van der Waals surface area contributed by atoms with Gasteiger partial charge < -0.3 is 10.4 Å². The maximum absolute atomic E-state index is 12.1. The molecular weight excluding hydrogens is 433 g/mol. The predicted molar refractivity (Wildman–Crippen MR) is 109 cm³/mol. The third kappa shape index (κ3) is 5.65. The van der Waals surface area contributed by atoms with Gasteiger partial charge in [-0.2, -0.15) is 18.3 Å². The molecule has 7 nitrogen and oxygen atoms in total. The van der Waals surface area contributed by atoms with Crippen molar-refractivity contribution >= 4 is 23.2 Å². The first-order valence-electron chi connectivity index (χ1n) is 9.86. The van der Waals surface area contributed by atoms with Crippen LogP contribution in [0.2, 0.25) is 0 Å². The Balaban J connectivity index is 0.000000339. The van der Waals surface area contributed by atoms with Gasteiger partial charge in [-0.25, -0.2) is 4.79 Å². The first kappa shape index (κ1) is 23.3. The van der Waals surface area contributed by atoms with Crippen molar-refractivity contribution in [3.63, 3.8) is 0 Å². The Bertz CT molecular complexity index is 932. The van der Waals surface area contributed by atoms with Crippen LogP contribution in [0, 0.1) is 6.92 Å². The number of halogens is 3. The van der Waals surface area contributed by atoms with E-state index in [2.05, 4.69) is 40.6 Å². The molecule has 2 aliphatic rings. The lowest BCUT2D eigenvalue weighted by Crippen LogP contribution is -2.53. The fourth-order valence-electron chi connectivity index (χ4n) is 4.23. The van der Waals surface area contributed by atoms with Gasteiger partial charge in [0.15, 0.2) is 0 Å². The van der Waals surface area contributed by atoms with Crippen LogP contribution in [-0.4, -0.2) is 56.5 Å². The number of nitrogens with one attached hydrogen (secondary N) is 1. The minimum Gasteiger partial charge on any atom is -0.475 e. The number of carbonyl (C=O) groups excluding carboxylic acids is 1. The first-order chi connectivity index (χ1) is 14.5. The highest BCUT2D eigenvalue weighted by Crippen LogP contribution is 2.43. The van der Waals surface area contributed by atoms with Crippen molar-refractivity contribution in [3.05, 3.63) is 39.8 Å². The molecule has 0 aromatic carbocycles. The lowest BCUT2D eigenvalue weighted by atomic mass is 9.75. The van der Waals surface area contributed by atoms with E-state index < -0.39 is 12.1 Å². The summed E-state index contributed by atoms with van der Waals surface area (Å²) in [4.78, 5) is 26.3. The van der Waals surface area contributed by atoms with Crippen LogP contribution in [0.4, 0.5) is 13.2 Å². The molecule has 2 fully saturated rings. The predicted octanol–water partition coefficient (Wildman–Crippen LogP) is 3.06. The second-order valence-corrected chi connectivity index (χ2v) is 9.37. The van der Waals surface area contributed by atoms with E-state index in [1.165, 1.54) is 15.3 Å². The molecule has 1 unspecified atom stereocenters. The molecule has 0 bridgehead atoms. The van der Waals surface area contributed by atoms with Crippen LogP contribution in [0.5, 0.6) is 0 Å². The van der Waals surface area contributed by atoms with E-state index in [4.69, 9.17) is 9.90 Å². The number of aromatic nitrogens is 2. The van der Waals surface area contributed by atoms with E-state index in [1.807, 2.05) is 29.3 Å². The highest BCUT2D eigenvalue weighted by molar-refractivity contribution is 7.11. The van der Waals surface area contributed by atoms with Gasteiger partial charge in [-0.3, -0.25) is 14.4 Å².